The van der Waals surface area contributed by atoms with Gasteiger partial charge < -0.3 is 4.85 Å². The molecule has 2 nitrogen and oxygen atoms in total. The molecule has 0 bridgehead atoms. The number of hydrogen-bond acceptors (Lipinski definition) is 1. The van der Waals surface area contributed by atoms with Crippen LogP contribution in [0.4, 0.5) is 0 Å². The van der Waals surface area contributed by atoms with Gasteiger partial charge in [0, 0.05) is 35.1 Å². The molecule has 0 atom stereocenters. The molecule has 2 heterocycles. The molecule has 0 N–H and O–H groups in total. The maximum atomic E-state index is 7.57. The van der Waals surface area contributed by atoms with Crippen LogP contribution in [0.1, 0.15) is 50.3 Å². The molecule has 5 aromatic rings. The summed E-state index contributed by atoms with van der Waals surface area (Å²) in [6.07, 6.45) is 2.98. The average Bonchev–Trinajstić information content (AvgIpc) is 2.85. The van der Waals surface area contributed by atoms with E-state index in [1.54, 1.807) is 0 Å². The van der Waals surface area contributed by atoms with Gasteiger partial charge in [-0.25, -0.2) is 11.1 Å². The number of aromatic nitrogens is 1. The first-order chi connectivity index (χ1) is 17.2. The zero-order valence-electron chi connectivity index (χ0n) is 21.9. The van der Waals surface area contributed by atoms with Crippen LogP contribution in [0.5, 0.6) is 0 Å². The maximum Gasteiger partial charge on any atom is 0.231 e. The van der Waals surface area contributed by atoms with Crippen molar-refractivity contribution in [2.45, 2.75) is 62.3 Å². The molecule has 0 saturated carbocycles. The summed E-state index contributed by atoms with van der Waals surface area (Å²) in [4.78, 5) is 6.59. The quantitative estimate of drug-likeness (QED) is 0.138. The van der Waals surface area contributed by atoms with Gasteiger partial charge in [-0.1, -0.05) is 68.1 Å². The largest absolute Gasteiger partial charge is 0.311 e. The van der Waals surface area contributed by atoms with Crippen LogP contribution in [-0.4, -0.2) is 5.54 Å². The van der Waals surface area contributed by atoms with Crippen molar-refractivity contribution in [3.8, 4) is 11.3 Å². The smallest absolute Gasteiger partial charge is 0.231 e. The van der Waals surface area contributed by atoms with E-state index >= 15 is 0 Å². The van der Waals surface area contributed by atoms with E-state index in [-0.39, 0.29) is 0 Å². The molecule has 0 fully saturated rings. The summed E-state index contributed by atoms with van der Waals surface area (Å²) in [7, 11) is 2.18. The standard InChI is InChI=1S/C33H31N2S/c1-19(2)28-24-11-9-8-10-23(24)20(3)29-31-30-25(14-15-35(31)7)26-16-21(18-33(4,5)34-6)12-13-22(26)17-27(30)36-32(28)29/h8-17,19H,18H2,1-5,7H3/q+1. The maximum absolute atomic E-state index is 7.57. The number of hydrogen-bond donors (Lipinski definition) is 0. The minimum absolute atomic E-state index is 0.396. The topological polar surface area (TPSA) is 8.24 Å². The molecule has 0 amide bonds. The van der Waals surface area contributed by atoms with E-state index in [1.165, 1.54) is 70.1 Å². The van der Waals surface area contributed by atoms with Gasteiger partial charge in [0.2, 0.25) is 11.2 Å². The van der Waals surface area contributed by atoms with Gasteiger partial charge in [0.1, 0.15) is 7.05 Å². The Bertz CT molecular complexity index is 1770. The third-order valence-corrected chi connectivity index (χ3v) is 8.87. The molecular formula is C33H31N2S+. The second-order valence-electron chi connectivity index (χ2n) is 11.1. The Morgan fingerprint density at radius 3 is 2.44 bits per heavy atom. The Kier molecular flexibility index (Phi) is 5.18. The number of rotatable bonds is 3. The van der Waals surface area contributed by atoms with Crippen LogP contribution in [0.3, 0.4) is 0 Å². The fraction of sp³-hybridized carbons (Fsp3) is 0.273. The van der Waals surface area contributed by atoms with Crippen molar-refractivity contribution in [3.63, 3.8) is 0 Å². The van der Waals surface area contributed by atoms with Gasteiger partial charge in [-0.3, -0.25) is 0 Å². The van der Waals surface area contributed by atoms with Gasteiger partial charge in [-0.2, -0.15) is 0 Å². The Hall–Kier alpha value is -3.35. The van der Waals surface area contributed by atoms with Gasteiger partial charge in [0.05, 0.1) is 17.4 Å². The average molecular weight is 488 g/mol. The van der Waals surface area contributed by atoms with Crippen LogP contribution in [0.25, 0.3) is 48.4 Å². The Balaban J connectivity index is 1.73. The first-order valence-corrected chi connectivity index (χ1v) is 13.5. The molecule has 6 rings (SSSR count). The molecule has 1 aliphatic rings. The lowest BCUT2D eigenvalue weighted by atomic mass is 9.86. The van der Waals surface area contributed by atoms with E-state index in [0.29, 0.717) is 5.92 Å². The van der Waals surface area contributed by atoms with Crippen LogP contribution in [0.15, 0.2) is 70.6 Å². The predicted octanol–water partition coefficient (Wildman–Crippen LogP) is 8.77. The van der Waals surface area contributed by atoms with E-state index in [9.17, 15) is 0 Å². The number of nitrogens with zero attached hydrogens (tertiary/aromatic N) is 2. The normalized spacial score (nSPS) is 12.9. The molecule has 0 saturated heterocycles. The molecule has 0 aliphatic carbocycles. The van der Waals surface area contributed by atoms with Gasteiger partial charge >= 0.3 is 0 Å². The van der Waals surface area contributed by atoms with Crippen molar-refractivity contribution in [1.29, 1.82) is 0 Å². The number of fused-ring (bicyclic) bond motifs is 5. The Labute approximate surface area is 217 Å². The van der Waals surface area contributed by atoms with Crippen LogP contribution < -0.4 is 4.57 Å². The van der Waals surface area contributed by atoms with Gasteiger partial charge in [0.25, 0.3) is 0 Å². The second kappa shape index (κ2) is 8.08. The van der Waals surface area contributed by atoms with E-state index in [4.69, 9.17) is 6.57 Å². The summed E-state index contributed by atoms with van der Waals surface area (Å²) in [6, 6.07) is 20.3. The van der Waals surface area contributed by atoms with Crippen molar-refractivity contribution in [2.24, 2.45) is 7.05 Å². The number of aryl methyl sites for hydroxylation is 2. The molecular weight excluding hydrogens is 456 g/mol. The van der Waals surface area contributed by atoms with E-state index < -0.39 is 5.54 Å². The van der Waals surface area contributed by atoms with E-state index in [0.717, 1.165) is 6.42 Å². The highest BCUT2D eigenvalue weighted by Gasteiger charge is 2.33. The minimum atomic E-state index is -0.396. The highest BCUT2D eigenvalue weighted by molar-refractivity contribution is 8.00. The van der Waals surface area contributed by atoms with Crippen molar-refractivity contribution in [3.05, 3.63) is 88.9 Å². The summed E-state index contributed by atoms with van der Waals surface area (Å²) in [5.41, 5.74) is 6.34. The first kappa shape index (κ1) is 23.1. The summed E-state index contributed by atoms with van der Waals surface area (Å²) >= 11 is 1.95. The van der Waals surface area contributed by atoms with Gasteiger partial charge in [0.15, 0.2) is 6.20 Å². The first-order valence-electron chi connectivity index (χ1n) is 12.7. The molecule has 0 unspecified atom stereocenters. The molecule has 0 spiro atoms. The summed E-state index contributed by atoms with van der Waals surface area (Å²) < 4.78 is 2.31. The summed E-state index contributed by atoms with van der Waals surface area (Å²) in [5, 5.41) is 7.92. The van der Waals surface area contributed by atoms with Gasteiger partial charge in [-0.05, 0) is 57.1 Å². The fourth-order valence-electron chi connectivity index (χ4n) is 6.01. The third-order valence-electron chi connectivity index (χ3n) is 7.70. The monoisotopic (exact) mass is 487 g/mol. The van der Waals surface area contributed by atoms with E-state index in [1.807, 2.05) is 25.6 Å². The van der Waals surface area contributed by atoms with Gasteiger partial charge in [-0.15, -0.1) is 0 Å². The van der Waals surface area contributed by atoms with E-state index in [2.05, 4.69) is 98.0 Å². The molecule has 0 radical (unpaired) electrons. The molecule has 3 heteroatoms. The third kappa shape index (κ3) is 3.35. The van der Waals surface area contributed by atoms with Crippen LogP contribution in [-0.2, 0) is 13.5 Å². The van der Waals surface area contributed by atoms with Crippen molar-refractivity contribution in [1.82, 2.24) is 0 Å². The minimum Gasteiger partial charge on any atom is -0.311 e. The SMILES string of the molecule is [C-]#[N+]C(C)(C)Cc1ccc2cc3c4c([n+](C)ccc4c2c1)-c1c(c(C(C)C)c2ccccc2c1C)S3. The molecule has 1 aliphatic heterocycles. The van der Waals surface area contributed by atoms with Crippen LogP contribution >= 0.6 is 11.8 Å². The zero-order chi connectivity index (χ0) is 25.4. The fourth-order valence-corrected chi connectivity index (χ4v) is 7.53. The molecule has 1 aromatic heterocycles. The number of benzene rings is 4. The lowest BCUT2D eigenvalue weighted by Gasteiger charge is -2.26. The lowest BCUT2D eigenvalue weighted by molar-refractivity contribution is -0.659. The molecule has 4 aromatic carbocycles. The highest BCUT2D eigenvalue weighted by Crippen LogP contribution is 2.53. The predicted molar refractivity (Wildman–Crippen MR) is 153 cm³/mol. The van der Waals surface area contributed by atoms with Crippen LogP contribution in [0, 0.1) is 13.5 Å². The summed E-state index contributed by atoms with van der Waals surface area (Å²) in [6.45, 7) is 18.6. The zero-order valence-corrected chi connectivity index (χ0v) is 22.7. The molecule has 36 heavy (non-hydrogen) atoms. The number of pyridine rings is 1. The Morgan fingerprint density at radius 2 is 1.72 bits per heavy atom. The second-order valence-corrected chi connectivity index (χ2v) is 12.2. The van der Waals surface area contributed by atoms with Crippen molar-refractivity contribution in [2.75, 3.05) is 0 Å². The van der Waals surface area contributed by atoms with Crippen LogP contribution in [0.2, 0.25) is 0 Å². The summed E-state index contributed by atoms with van der Waals surface area (Å²) in [5.74, 6) is 0.427. The van der Waals surface area contributed by atoms with Crippen molar-refractivity contribution >= 4 is 44.1 Å². The Morgan fingerprint density at radius 1 is 0.972 bits per heavy atom. The molecule has 178 valence electrons. The lowest BCUT2D eigenvalue weighted by Crippen LogP contribution is -2.32. The van der Waals surface area contributed by atoms with Crippen molar-refractivity contribution < 1.29 is 4.57 Å². The highest BCUT2D eigenvalue weighted by atomic mass is 32.2.